The number of nitrogens with zero attached hydrogens (tertiary/aromatic N) is 2. The van der Waals surface area contributed by atoms with Crippen LogP contribution in [0.5, 0.6) is 0 Å². The average Bonchev–Trinajstić information content (AvgIpc) is 0.911. The molecule has 0 heterocycles. The molecule has 18 heteroatoms. The first-order valence-corrected chi connectivity index (χ1v) is 42.8. The Balaban J connectivity index is 1.37. The monoisotopic (exact) mass is 1570 g/mol. The highest BCUT2D eigenvalue weighted by Gasteiger charge is 2.28. The number of carbonyl (C=O) groups is 8. The van der Waals surface area contributed by atoms with E-state index >= 15 is 0 Å². The molecule has 113 heavy (non-hydrogen) atoms. The van der Waals surface area contributed by atoms with E-state index in [0.717, 1.165) is 128 Å². The van der Waals surface area contributed by atoms with Crippen LogP contribution in [0.4, 0.5) is 0 Å². The molecule has 0 aromatic rings. The molecule has 4 aliphatic carbocycles. The molecule has 632 valence electrons. The van der Waals surface area contributed by atoms with Gasteiger partial charge in [0.1, 0.15) is 52.9 Å². The Morgan fingerprint density at radius 3 is 0.770 bits per heavy atom. The van der Waals surface area contributed by atoms with Gasteiger partial charge in [-0.25, -0.2) is 0 Å². The van der Waals surface area contributed by atoms with Crippen LogP contribution in [-0.4, -0.2) is 149 Å². The Morgan fingerprint density at radius 2 is 0.549 bits per heavy atom. The second-order valence-corrected chi connectivity index (χ2v) is 32.7. The molecular weight excluding hydrogens is 1430 g/mol. The highest BCUT2D eigenvalue weighted by Crippen LogP contribution is 2.32. The van der Waals surface area contributed by atoms with Crippen LogP contribution in [-0.2, 0) is 76.3 Å². The van der Waals surface area contributed by atoms with Crippen LogP contribution in [0.25, 0.3) is 0 Å². The van der Waals surface area contributed by atoms with Crippen LogP contribution in [0, 0.1) is 23.7 Å². The summed E-state index contributed by atoms with van der Waals surface area (Å²) < 4.78 is 44.8. The highest BCUT2D eigenvalue weighted by atomic mass is 16.6. The minimum absolute atomic E-state index is 0.0769. The maximum Gasteiger partial charge on any atom is 0.309 e. The molecule has 5 unspecified atom stereocenters. The summed E-state index contributed by atoms with van der Waals surface area (Å²) in [5, 5.41) is 0. The fraction of sp³-hybridized carbons (Fsp3) is 0.663. The molecule has 0 aromatic carbocycles. The van der Waals surface area contributed by atoms with Crippen LogP contribution in [0.3, 0.4) is 0 Å². The lowest BCUT2D eigenvalue weighted by molar-refractivity contribution is -0.156. The summed E-state index contributed by atoms with van der Waals surface area (Å²) >= 11 is 0. The smallest absolute Gasteiger partial charge is 0.309 e. The summed E-state index contributed by atoms with van der Waals surface area (Å²) in [6.45, 7) is 27.6. The zero-order chi connectivity index (χ0) is 82.6. The molecule has 18 nitrogen and oxygen atoms in total. The van der Waals surface area contributed by atoms with Gasteiger partial charge in [-0.15, -0.1) is 0 Å². The number of rotatable bonds is 55. The molecule has 0 aliphatic heterocycles. The predicted octanol–water partition coefficient (Wildman–Crippen LogP) is 20.7. The maximum atomic E-state index is 13.5. The second-order valence-electron chi connectivity index (χ2n) is 32.7. The van der Waals surface area contributed by atoms with Crippen molar-refractivity contribution < 1.29 is 76.3 Å². The summed E-state index contributed by atoms with van der Waals surface area (Å²) in [7, 11) is 0. The van der Waals surface area contributed by atoms with E-state index in [4.69, 9.17) is 37.9 Å². The lowest BCUT2D eigenvalue weighted by atomic mass is 9.87. The van der Waals surface area contributed by atoms with Crippen LogP contribution in [0.1, 0.15) is 295 Å². The van der Waals surface area contributed by atoms with Gasteiger partial charge in [-0.05, 0) is 270 Å². The van der Waals surface area contributed by atoms with Gasteiger partial charge in [-0.2, -0.15) is 0 Å². The molecule has 5 atom stereocenters. The average molecular weight is 1570 g/mol. The van der Waals surface area contributed by atoms with Crippen molar-refractivity contribution in [2.24, 2.45) is 23.7 Å². The van der Waals surface area contributed by atoms with Crippen molar-refractivity contribution in [2.75, 3.05) is 85.6 Å². The lowest BCUT2D eigenvalue weighted by Gasteiger charge is -2.33. The van der Waals surface area contributed by atoms with Gasteiger partial charge in [0.2, 0.25) is 0 Å². The van der Waals surface area contributed by atoms with E-state index in [1.165, 1.54) is 66.9 Å². The van der Waals surface area contributed by atoms with E-state index in [1.54, 1.807) is 0 Å². The van der Waals surface area contributed by atoms with Gasteiger partial charge in [0.25, 0.3) is 0 Å². The second kappa shape index (κ2) is 58.4. The topological polar surface area (TPSA) is 217 Å². The summed E-state index contributed by atoms with van der Waals surface area (Å²) in [5.41, 5.74) is 16.3. The molecular formula is C95H146N2O16. The van der Waals surface area contributed by atoms with E-state index in [1.807, 2.05) is 16.7 Å². The highest BCUT2D eigenvalue weighted by molar-refractivity contribution is 5.75. The molecule has 4 rings (SSSR count). The van der Waals surface area contributed by atoms with Crippen LogP contribution >= 0.6 is 0 Å². The first-order chi connectivity index (χ1) is 54.2. The third-order valence-electron chi connectivity index (χ3n) is 21.5. The quantitative estimate of drug-likeness (QED) is 0.0239. The van der Waals surface area contributed by atoms with E-state index in [9.17, 15) is 38.4 Å². The number of carbonyl (C=O) groups excluding carboxylic acids is 8. The number of hydrogen-bond acceptors (Lipinski definition) is 18. The van der Waals surface area contributed by atoms with Crippen molar-refractivity contribution in [1.82, 2.24) is 9.80 Å². The van der Waals surface area contributed by atoms with Crippen LogP contribution < -0.4 is 0 Å². The van der Waals surface area contributed by atoms with Crippen molar-refractivity contribution in [2.45, 2.75) is 302 Å². The molecule has 0 radical (unpaired) electrons. The third-order valence-corrected chi connectivity index (χ3v) is 21.5. The number of hydrogen-bond donors (Lipinski definition) is 0. The molecule has 4 aliphatic rings. The minimum Gasteiger partial charge on any atom is -0.462 e. The van der Waals surface area contributed by atoms with Crippen LogP contribution in [0.2, 0.25) is 0 Å². The number of allylic oxidation sites excluding steroid dienone is 24. The van der Waals surface area contributed by atoms with Crippen LogP contribution in [0.15, 0.2) is 140 Å². The van der Waals surface area contributed by atoms with E-state index in [-0.39, 0.29) is 159 Å². The lowest BCUT2D eigenvalue weighted by Crippen LogP contribution is -2.45. The van der Waals surface area contributed by atoms with Crippen molar-refractivity contribution in [1.29, 1.82) is 0 Å². The first-order valence-electron chi connectivity index (χ1n) is 42.8. The normalized spacial score (nSPS) is 17.8. The molecule has 0 amide bonds. The Bertz CT molecular complexity index is 3140. The summed E-state index contributed by atoms with van der Waals surface area (Å²) in [4.78, 5) is 110. The summed E-state index contributed by atoms with van der Waals surface area (Å²) in [5.74, 6) is -4.44. The van der Waals surface area contributed by atoms with Gasteiger partial charge in [0, 0.05) is 38.8 Å². The Hall–Kier alpha value is -7.44. The molecule has 0 aromatic heterocycles. The van der Waals surface area contributed by atoms with Gasteiger partial charge in [-0.1, -0.05) is 140 Å². The zero-order valence-electron chi connectivity index (χ0n) is 72.1. The van der Waals surface area contributed by atoms with Gasteiger partial charge in [-0.3, -0.25) is 43.3 Å². The van der Waals surface area contributed by atoms with Crippen molar-refractivity contribution in [3.63, 3.8) is 0 Å². The fourth-order valence-corrected chi connectivity index (χ4v) is 14.4. The molecule has 0 spiro atoms. The van der Waals surface area contributed by atoms with Crippen molar-refractivity contribution in [3.8, 4) is 0 Å². The number of esters is 8. The van der Waals surface area contributed by atoms with Gasteiger partial charge in [0.15, 0.2) is 0 Å². The molecule has 0 N–H and O–H groups in total. The third kappa shape index (κ3) is 47.3. The van der Waals surface area contributed by atoms with E-state index in [2.05, 4.69) is 156 Å². The predicted molar refractivity (Wildman–Crippen MR) is 452 cm³/mol. The van der Waals surface area contributed by atoms with Crippen molar-refractivity contribution >= 4 is 47.8 Å². The van der Waals surface area contributed by atoms with Gasteiger partial charge >= 0.3 is 47.8 Å². The molecule has 0 fully saturated rings. The van der Waals surface area contributed by atoms with E-state index < -0.39 is 29.9 Å². The first kappa shape index (κ1) is 97.9. The van der Waals surface area contributed by atoms with Gasteiger partial charge < -0.3 is 42.8 Å². The largest absolute Gasteiger partial charge is 0.462 e. The number of ether oxygens (including phenoxy) is 8. The van der Waals surface area contributed by atoms with Gasteiger partial charge in [0.05, 0.1) is 49.4 Å². The van der Waals surface area contributed by atoms with E-state index in [0.29, 0.717) is 51.4 Å². The zero-order valence-corrected chi connectivity index (χ0v) is 72.1. The fourth-order valence-electron chi connectivity index (χ4n) is 14.4. The SMILES string of the molecule is CC(C)=CCC/C(C)=C/CCC1=CCC(C(=O)OCCOC(=O)CCN(CCC(=O)OCCOC(=O)C2CC=C(CC/C=C(\C)CCC=C(C)C)CC2)CC(C)N(CCC(=O)OCCOC(=O)C2CC=C(CC/C=C(\C)CCC=C(C)C)CC2)CCC(=O)OCCOC(=O)C2CC=C(CC/C=C(\C)CCC=C(C)C)CC2)CC1. The Labute approximate surface area is 680 Å². The van der Waals surface area contributed by atoms with Crippen molar-refractivity contribution in [3.05, 3.63) is 140 Å². The standard InChI is InChI=1S/C95H146N2O16/c1-71(2)22-14-26-75(9)30-18-34-80-38-46-84(47-39-80)92(102)110-66-62-106-88(98)54-58-96(59-55-89(99)107-63-67-111-93(103)85-48-40-81(41-49-85)35-19-31-76(10)27-15-23-72(3)4)70-79(13)97(60-56-90(100)108-64-68-112-94(104)86-50-42-82(43-51-86)36-20-32-77(11)28-16-24-73(5)6)61-57-91(101)109-65-69-113-95(105)87-52-44-83(45-53-87)37-21-33-78(12)29-17-25-74(7)8/h22-25,30-33,38,40,42,44,79,84-87H,14-21,26-29,34-37,39,41,43,45-70H2,1-13H3/b75-30+,76-31+,77-32+,78-33+. The molecule has 0 saturated heterocycles. The maximum absolute atomic E-state index is 13.5. The molecule has 0 saturated carbocycles. The molecule has 0 bridgehead atoms. The minimum atomic E-state index is -0.536. The summed E-state index contributed by atoms with van der Waals surface area (Å²) in [6, 6.07) is -0.390. The Morgan fingerprint density at radius 1 is 0.319 bits per heavy atom. The Kier molecular flexibility index (Phi) is 50.6. The summed E-state index contributed by atoms with van der Waals surface area (Å²) in [6.07, 6.45) is 51.4.